The minimum Gasteiger partial charge on any atom is -0.389 e. The van der Waals surface area contributed by atoms with Crippen molar-refractivity contribution in [3.05, 3.63) is 28.2 Å². The average Bonchev–Trinajstić information content (AvgIpc) is 2.42. The number of thiocarbonyl (C=S) groups is 1. The van der Waals surface area contributed by atoms with E-state index in [1.54, 1.807) is 0 Å². The van der Waals surface area contributed by atoms with E-state index in [0.717, 1.165) is 35.1 Å². The van der Waals surface area contributed by atoms with Crippen LogP contribution in [0, 0.1) is 0 Å². The second-order valence-electron chi connectivity index (χ2n) is 4.51. The number of thioether (sulfide) groups is 1. The van der Waals surface area contributed by atoms with Crippen LogP contribution >= 0.6 is 39.9 Å². The molecule has 0 aliphatic rings. The number of nitrogens with two attached hydrogens (primary N) is 1. The summed E-state index contributed by atoms with van der Waals surface area (Å²) in [6.07, 6.45) is 4.49. The van der Waals surface area contributed by atoms with Gasteiger partial charge >= 0.3 is 0 Å². The van der Waals surface area contributed by atoms with Crippen molar-refractivity contribution in [3.63, 3.8) is 0 Å². The van der Waals surface area contributed by atoms with Gasteiger partial charge < -0.3 is 11.1 Å². The maximum Gasteiger partial charge on any atom is 0.104 e. The number of hydrogen-bond acceptors (Lipinski definition) is 3. The van der Waals surface area contributed by atoms with Crippen LogP contribution in [0.5, 0.6) is 0 Å². The predicted molar refractivity (Wildman–Crippen MR) is 95.3 cm³/mol. The van der Waals surface area contributed by atoms with Crippen LogP contribution in [0.25, 0.3) is 0 Å². The molecule has 5 heteroatoms. The van der Waals surface area contributed by atoms with E-state index < -0.39 is 0 Å². The summed E-state index contributed by atoms with van der Waals surface area (Å²) in [5.74, 6) is 0. The molecule has 1 aromatic carbocycles. The lowest BCUT2D eigenvalue weighted by Gasteiger charge is -2.30. The van der Waals surface area contributed by atoms with Crippen molar-refractivity contribution < 1.29 is 0 Å². The molecule has 0 saturated heterocycles. The number of nitrogens with one attached hydrogen (secondary N) is 1. The molecule has 0 spiro atoms. The van der Waals surface area contributed by atoms with Crippen molar-refractivity contribution in [1.82, 2.24) is 0 Å². The maximum absolute atomic E-state index is 5.63. The van der Waals surface area contributed by atoms with Crippen LogP contribution in [0.15, 0.2) is 22.7 Å². The van der Waals surface area contributed by atoms with Crippen LogP contribution in [-0.2, 0) is 0 Å². The van der Waals surface area contributed by atoms with Crippen molar-refractivity contribution in [2.24, 2.45) is 5.73 Å². The van der Waals surface area contributed by atoms with Crippen LogP contribution in [0.2, 0.25) is 0 Å². The zero-order valence-electron chi connectivity index (χ0n) is 11.6. The zero-order valence-corrected chi connectivity index (χ0v) is 14.8. The molecule has 2 nitrogen and oxygen atoms in total. The molecule has 0 aliphatic carbocycles. The predicted octanol–water partition coefficient (Wildman–Crippen LogP) is 4.42. The van der Waals surface area contributed by atoms with Gasteiger partial charge in [0.05, 0.1) is 0 Å². The largest absolute Gasteiger partial charge is 0.389 e. The van der Waals surface area contributed by atoms with Crippen LogP contribution in [-0.4, -0.2) is 22.5 Å². The molecule has 1 rings (SSSR count). The first kappa shape index (κ1) is 16.8. The van der Waals surface area contributed by atoms with Crippen molar-refractivity contribution >= 4 is 50.6 Å². The third-order valence-corrected chi connectivity index (χ3v) is 6.06. The van der Waals surface area contributed by atoms with Gasteiger partial charge in [0.15, 0.2) is 0 Å². The highest BCUT2D eigenvalue weighted by Gasteiger charge is 2.24. The molecule has 0 unspecified atom stereocenters. The van der Waals surface area contributed by atoms with E-state index in [-0.39, 0.29) is 0 Å². The summed E-state index contributed by atoms with van der Waals surface area (Å²) < 4.78 is 1.29. The van der Waals surface area contributed by atoms with Gasteiger partial charge in [-0.05, 0) is 53.2 Å². The minimum absolute atomic E-state index is 0.293. The number of halogens is 1. The van der Waals surface area contributed by atoms with E-state index in [9.17, 15) is 0 Å². The Hall–Kier alpha value is -0.260. The Morgan fingerprint density at radius 3 is 2.47 bits per heavy atom. The monoisotopic (exact) mass is 360 g/mol. The Morgan fingerprint density at radius 2 is 2.05 bits per heavy atom. The van der Waals surface area contributed by atoms with E-state index >= 15 is 0 Å². The topological polar surface area (TPSA) is 38.0 Å². The molecule has 3 N–H and O–H groups in total. The molecular formula is C14H21BrN2S2. The van der Waals surface area contributed by atoms with Crippen molar-refractivity contribution in [3.8, 4) is 0 Å². The molecule has 0 saturated carbocycles. The highest BCUT2D eigenvalue weighted by atomic mass is 79.9. The van der Waals surface area contributed by atoms with Crippen LogP contribution in [0.4, 0.5) is 5.69 Å². The maximum atomic E-state index is 5.63. The Labute approximate surface area is 134 Å². The minimum atomic E-state index is 0.293. The lowest BCUT2D eigenvalue weighted by atomic mass is 10.0. The summed E-state index contributed by atoms with van der Waals surface area (Å²) in [7, 11) is 0. The third-order valence-electron chi connectivity index (χ3n) is 3.58. The van der Waals surface area contributed by atoms with Crippen LogP contribution in [0.1, 0.15) is 32.3 Å². The number of hydrogen-bond donors (Lipinski definition) is 2. The highest BCUT2D eigenvalue weighted by Crippen LogP contribution is 2.32. The van der Waals surface area contributed by atoms with Gasteiger partial charge in [-0.1, -0.05) is 26.1 Å². The van der Waals surface area contributed by atoms with Gasteiger partial charge in [0.2, 0.25) is 0 Å². The van der Waals surface area contributed by atoms with E-state index in [0.29, 0.717) is 9.74 Å². The SMILES string of the molecule is CCC(CC)(CNc1ccc(C(N)=S)cc1Br)SC. The average molecular weight is 361 g/mol. The number of benzene rings is 1. The number of rotatable bonds is 7. The first-order chi connectivity index (χ1) is 8.98. The summed E-state index contributed by atoms with van der Waals surface area (Å²) in [6, 6.07) is 5.94. The summed E-state index contributed by atoms with van der Waals surface area (Å²) >= 11 is 10.5. The lowest BCUT2D eigenvalue weighted by Crippen LogP contribution is -2.32. The van der Waals surface area contributed by atoms with Crippen LogP contribution in [0.3, 0.4) is 0 Å². The summed E-state index contributed by atoms with van der Waals surface area (Å²) in [4.78, 5) is 0.424. The third kappa shape index (κ3) is 4.36. The molecule has 0 fully saturated rings. The van der Waals surface area contributed by atoms with Crippen molar-refractivity contribution in [2.75, 3.05) is 18.1 Å². The van der Waals surface area contributed by atoms with Gasteiger partial charge in [-0.2, -0.15) is 11.8 Å². The molecule has 19 heavy (non-hydrogen) atoms. The molecule has 0 radical (unpaired) electrons. The van der Waals surface area contributed by atoms with Gasteiger partial charge in [0.25, 0.3) is 0 Å². The molecule has 0 aromatic heterocycles. The van der Waals surface area contributed by atoms with E-state index in [4.69, 9.17) is 18.0 Å². The molecule has 106 valence electrons. The lowest BCUT2D eigenvalue weighted by molar-refractivity contribution is 0.574. The fourth-order valence-electron chi connectivity index (χ4n) is 1.93. The standard InChI is InChI=1S/C14H21BrN2S2/c1-4-14(5-2,19-3)9-17-12-7-6-10(13(16)18)8-11(12)15/h6-8,17H,4-5,9H2,1-3H3,(H2,16,18). The summed E-state index contributed by atoms with van der Waals surface area (Å²) in [5.41, 5.74) is 7.59. The Balaban J connectivity index is 2.80. The van der Waals surface area contributed by atoms with E-state index in [2.05, 4.69) is 41.3 Å². The van der Waals surface area contributed by atoms with E-state index in [1.165, 1.54) is 0 Å². The zero-order chi connectivity index (χ0) is 14.5. The fraction of sp³-hybridized carbons (Fsp3) is 0.500. The van der Waals surface area contributed by atoms with Gasteiger partial charge in [-0.15, -0.1) is 0 Å². The molecule has 1 aromatic rings. The number of anilines is 1. The van der Waals surface area contributed by atoms with Crippen LogP contribution < -0.4 is 11.1 Å². The second kappa shape index (κ2) is 7.50. The van der Waals surface area contributed by atoms with E-state index in [1.807, 2.05) is 30.0 Å². The molecule has 0 bridgehead atoms. The summed E-state index contributed by atoms with van der Waals surface area (Å²) in [5, 5.41) is 3.52. The van der Waals surface area contributed by atoms with Gasteiger partial charge in [-0.25, -0.2) is 0 Å². The fourth-order valence-corrected chi connectivity index (χ4v) is 3.37. The molecule has 0 amide bonds. The van der Waals surface area contributed by atoms with Crippen molar-refractivity contribution in [2.45, 2.75) is 31.4 Å². The Kier molecular flexibility index (Phi) is 6.63. The summed E-state index contributed by atoms with van der Waals surface area (Å²) in [6.45, 7) is 5.44. The first-order valence-electron chi connectivity index (χ1n) is 6.36. The smallest absolute Gasteiger partial charge is 0.104 e. The molecule has 0 heterocycles. The normalized spacial score (nSPS) is 11.4. The van der Waals surface area contributed by atoms with Gasteiger partial charge in [0.1, 0.15) is 4.99 Å². The Bertz CT molecular complexity index is 437. The Morgan fingerprint density at radius 1 is 1.42 bits per heavy atom. The molecular weight excluding hydrogens is 340 g/mol. The van der Waals surface area contributed by atoms with Gasteiger partial charge in [-0.3, -0.25) is 0 Å². The second-order valence-corrected chi connectivity index (χ2v) is 7.08. The first-order valence-corrected chi connectivity index (χ1v) is 8.79. The highest BCUT2D eigenvalue weighted by molar-refractivity contribution is 9.10. The van der Waals surface area contributed by atoms with Gasteiger partial charge in [0, 0.05) is 27.0 Å². The quantitative estimate of drug-likeness (QED) is 0.706. The molecule has 0 atom stereocenters. The van der Waals surface area contributed by atoms with Crippen molar-refractivity contribution in [1.29, 1.82) is 0 Å². The molecule has 0 aliphatic heterocycles.